The molecule has 2 heteroatoms. The van der Waals surface area contributed by atoms with Gasteiger partial charge in [-0.3, -0.25) is 0 Å². The van der Waals surface area contributed by atoms with E-state index >= 15 is 0 Å². The highest BCUT2D eigenvalue weighted by atomic mass is 16.3. The van der Waals surface area contributed by atoms with E-state index in [-0.39, 0.29) is 11.5 Å². The second-order valence-corrected chi connectivity index (χ2v) is 5.42. The summed E-state index contributed by atoms with van der Waals surface area (Å²) in [6.07, 6.45) is 6.17. The molecular formula is C15H23NO. The summed E-state index contributed by atoms with van der Waals surface area (Å²) >= 11 is 0. The van der Waals surface area contributed by atoms with Crippen molar-refractivity contribution in [3.8, 4) is 0 Å². The minimum absolute atomic E-state index is 0.0913. The Bertz CT molecular complexity index is 328. The van der Waals surface area contributed by atoms with E-state index in [2.05, 4.69) is 30.3 Å². The molecule has 0 aliphatic heterocycles. The average Bonchev–Trinajstić information content (AvgIpc) is 2.40. The first-order chi connectivity index (χ1) is 8.24. The molecule has 0 atom stereocenters. The maximum atomic E-state index is 9.58. The van der Waals surface area contributed by atoms with Crippen LogP contribution in [0.15, 0.2) is 30.3 Å². The fraction of sp³-hybridized carbons (Fsp3) is 0.600. The Morgan fingerprint density at radius 2 is 1.82 bits per heavy atom. The van der Waals surface area contributed by atoms with Gasteiger partial charge in [-0.2, -0.15) is 0 Å². The lowest BCUT2D eigenvalue weighted by Crippen LogP contribution is -2.36. The Morgan fingerprint density at radius 1 is 1.18 bits per heavy atom. The van der Waals surface area contributed by atoms with Crippen molar-refractivity contribution < 1.29 is 5.11 Å². The Balaban J connectivity index is 1.91. The Morgan fingerprint density at radius 3 is 2.41 bits per heavy atom. The minimum Gasteiger partial charge on any atom is -0.393 e. The molecule has 0 amide bonds. The molecule has 0 radical (unpaired) electrons. The van der Waals surface area contributed by atoms with Crippen molar-refractivity contribution in [3.05, 3.63) is 35.9 Å². The first-order valence-corrected chi connectivity index (χ1v) is 6.66. The number of hydrogen-bond donors (Lipinski definition) is 2. The van der Waals surface area contributed by atoms with Gasteiger partial charge in [0.1, 0.15) is 0 Å². The molecule has 17 heavy (non-hydrogen) atoms. The average molecular weight is 233 g/mol. The van der Waals surface area contributed by atoms with Crippen molar-refractivity contribution in [2.24, 2.45) is 11.1 Å². The summed E-state index contributed by atoms with van der Waals surface area (Å²) < 4.78 is 0. The Labute approximate surface area is 104 Å². The van der Waals surface area contributed by atoms with Crippen LogP contribution in [0, 0.1) is 5.41 Å². The third kappa shape index (κ3) is 3.30. The lowest BCUT2D eigenvalue weighted by molar-refractivity contribution is 0.0620. The Hall–Kier alpha value is -0.860. The quantitative estimate of drug-likeness (QED) is 0.839. The van der Waals surface area contributed by atoms with E-state index in [1.54, 1.807) is 0 Å². The van der Waals surface area contributed by atoms with Crippen molar-refractivity contribution in [2.75, 3.05) is 6.54 Å². The molecule has 3 N–H and O–H groups in total. The van der Waals surface area contributed by atoms with Crippen molar-refractivity contribution in [3.63, 3.8) is 0 Å². The van der Waals surface area contributed by atoms with Gasteiger partial charge >= 0.3 is 0 Å². The van der Waals surface area contributed by atoms with Crippen molar-refractivity contribution in [1.29, 1.82) is 0 Å². The van der Waals surface area contributed by atoms with Gasteiger partial charge in [-0.15, -0.1) is 0 Å². The van der Waals surface area contributed by atoms with Crippen LogP contribution in [-0.2, 0) is 6.42 Å². The van der Waals surface area contributed by atoms with Gasteiger partial charge in [0.05, 0.1) is 6.10 Å². The molecule has 1 fully saturated rings. The van der Waals surface area contributed by atoms with Crippen LogP contribution in [0.2, 0.25) is 0 Å². The Kier molecular flexibility index (Phi) is 4.19. The molecule has 0 heterocycles. The predicted molar refractivity (Wildman–Crippen MR) is 70.7 cm³/mol. The molecule has 1 aromatic rings. The zero-order chi connectivity index (χ0) is 12.1. The molecule has 94 valence electrons. The normalized spacial score (nSPS) is 29.2. The van der Waals surface area contributed by atoms with E-state index in [0.717, 1.165) is 45.1 Å². The highest BCUT2D eigenvalue weighted by Crippen LogP contribution is 2.39. The summed E-state index contributed by atoms with van der Waals surface area (Å²) in [5, 5.41) is 9.58. The maximum absolute atomic E-state index is 9.58. The van der Waals surface area contributed by atoms with Crippen LogP contribution >= 0.6 is 0 Å². The van der Waals surface area contributed by atoms with E-state index in [0.29, 0.717) is 0 Å². The van der Waals surface area contributed by atoms with Crippen molar-refractivity contribution in [1.82, 2.24) is 0 Å². The lowest BCUT2D eigenvalue weighted by atomic mass is 9.70. The smallest absolute Gasteiger partial charge is 0.0540 e. The van der Waals surface area contributed by atoms with E-state index in [1.807, 2.05) is 0 Å². The maximum Gasteiger partial charge on any atom is 0.0540 e. The molecule has 1 aromatic carbocycles. The number of benzene rings is 1. The third-order valence-corrected chi connectivity index (χ3v) is 4.24. The summed E-state index contributed by atoms with van der Waals surface area (Å²) in [4.78, 5) is 0. The second kappa shape index (κ2) is 5.65. The van der Waals surface area contributed by atoms with Gasteiger partial charge in [-0.25, -0.2) is 0 Å². The van der Waals surface area contributed by atoms with E-state index in [1.165, 1.54) is 5.56 Å². The highest BCUT2D eigenvalue weighted by Gasteiger charge is 2.33. The molecule has 0 saturated heterocycles. The van der Waals surface area contributed by atoms with Crippen molar-refractivity contribution in [2.45, 2.75) is 44.6 Å². The van der Waals surface area contributed by atoms with Gasteiger partial charge in [0.25, 0.3) is 0 Å². The number of aliphatic hydroxyl groups is 1. The molecule has 0 spiro atoms. The number of aliphatic hydroxyl groups excluding tert-OH is 1. The van der Waals surface area contributed by atoms with Crippen LogP contribution < -0.4 is 5.73 Å². The molecule has 0 aromatic heterocycles. The first-order valence-electron chi connectivity index (χ1n) is 6.66. The zero-order valence-electron chi connectivity index (χ0n) is 10.4. The molecule has 1 saturated carbocycles. The highest BCUT2D eigenvalue weighted by molar-refractivity contribution is 5.15. The van der Waals surface area contributed by atoms with E-state index in [4.69, 9.17) is 5.73 Å². The SMILES string of the molecule is NCC1(CCc2ccccc2)CCC(O)CC1. The van der Waals surface area contributed by atoms with Crippen LogP contribution in [0.1, 0.15) is 37.7 Å². The molecule has 2 nitrogen and oxygen atoms in total. The topological polar surface area (TPSA) is 46.2 Å². The van der Waals surface area contributed by atoms with Gasteiger partial charge in [0.15, 0.2) is 0 Å². The number of hydrogen-bond acceptors (Lipinski definition) is 2. The lowest BCUT2D eigenvalue weighted by Gasteiger charge is -2.38. The van der Waals surface area contributed by atoms with Crippen LogP contribution in [0.4, 0.5) is 0 Å². The summed E-state index contributed by atoms with van der Waals surface area (Å²) in [5.41, 5.74) is 7.63. The predicted octanol–water partition coefficient (Wildman–Crippen LogP) is 2.50. The summed E-state index contributed by atoms with van der Waals surface area (Å²) in [6.45, 7) is 0.757. The molecule has 1 aliphatic carbocycles. The monoisotopic (exact) mass is 233 g/mol. The third-order valence-electron chi connectivity index (χ3n) is 4.24. The van der Waals surface area contributed by atoms with Crippen LogP contribution in [-0.4, -0.2) is 17.8 Å². The summed E-state index contributed by atoms with van der Waals surface area (Å²) in [6, 6.07) is 10.6. The molecule has 0 bridgehead atoms. The van der Waals surface area contributed by atoms with Gasteiger partial charge in [-0.1, -0.05) is 30.3 Å². The van der Waals surface area contributed by atoms with Gasteiger partial charge in [-0.05, 0) is 56.0 Å². The van der Waals surface area contributed by atoms with Crippen molar-refractivity contribution >= 4 is 0 Å². The fourth-order valence-electron chi connectivity index (χ4n) is 2.83. The second-order valence-electron chi connectivity index (χ2n) is 5.42. The van der Waals surface area contributed by atoms with Gasteiger partial charge in [0.2, 0.25) is 0 Å². The summed E-state index contributed by atoms with van der Waals surface area (Å²) in [7, 11) is 0. The molecule has 1 aliphatic rings. The summed E-state index contributed by atoms with van der Waals surface area (Å²) in [5.74, 6) is 0. The minimum atomic E-state index is -0.0913. The van der Waals surface area contributed by atoms with Crippen LogP contribution in [0.25, 0.3) is 0 Å². The number of aryl methyl sites for hydroxylation is 1. The largest absolute Gasteiger partial charge is 0.393 e. The standard InChI is InChI=1S/C15H23NO/c16-12-15(10-7-14(17)8-11-15)9-6-13-4-2-1-3-5-13/h1-5,14,17H,6-12,16H2. The zero-order valence-corrected chi connectivity index (χ0v) is 10.4. The van der Waals surface area contributed by atoms with E-state index in [9.17, 15) is 5.11 Å². The van der Waals surface area contributed by atoms with Gasteiger partial charge < -0.3 is 10.8 Å². The molecule has 0 unspecified atom stereocenters. The first kappa shape index (κ1) is 12.6. The number of rotatable bonds is 4. The molecular weight excluding hydrogens is 210 g/mol. The van der Waals surface area contributed by atoms with Crippen LogP contribution in [0.3, 0.4) is 0 Å². The van der Waals surface area contributed by atoms with Gasteiger partial charge in [0, 0.05) is 0 Å². The fourth-order valence-corrected chi connectivity index (χ4v) is 2.83. The molecule has 2 rings (SSSR count). The number of nitrogens with two attached hydrogens (primary N) is 1. The van der Waals surface area contributed by atoms with E-state index < -0.39 is 0 Å². The van der Waals surface area contributed by atoms with Crippen LogP contribution in [0.5, 0.6) is 0 Å².